The van der Waals surface area contributed by atoms with Gasteiger partial charge in [0.2, 0.25) is 11.8 Å². The number of anilines is 1. The van der Waals surface area contributed by atoms with Crippen LogP contribution in [0.5, 0.6) is 11.5 Å². The molecular formula is C23H36N4O4. The van der Waals surface area contributed by atoms with Crippen molar-refractivity contribution in [3.63, 3.8) is 0 Å². The highest BCUT2D eigenvalue weighted by Gasteiger charge is 2.27. The molecule has 8 nitrogen and oxygen atoms in total. The molecule has 2 aliphatic rings. The maximum absolute atomic E-state index is 12.8. The van der Waals surface area contributed by atoms with Crippen molar-refractivity contribution in [2.75, 3.05) is 65.3 Å². The Bertz CT molecular complexity index is 741. The summed E-state index contributed by atoms with van der Waals surface area (Å²) in [6.45, 7) is 7.34. The summed E-state index contributed by atoms with van der Waals surface area (Å²) in [5.74, 6) is 1.39. The van der Waals surface area contributed by atoms with Crippen LogP contribution in [0.2, 0.25) is 0 Å². The van der Waals surface area contributed by atoms with Crippen LogP contribution in [-0.4, -0.2) is 92.6 Å². The van der Waals surface area contributed by atoms with Gasteiger partial charge in [-0.25, -0.2) is 0 Å². The van der Waals surface area contributed by atoms with Crippen LogP contribution in [0.1, 0.15) is 32.6 Å². The lowest BCUT2D eigenvalue weighted by atomic mass is 10.2. The van der Waals surface area contributed by atoms with Gasteiger partial charge >= 0.3 is 0 Å². The first-order chi connectivity index (χ1) is 15.0. The van der Waals surface area contributed by atoms with Gasteiger partial charge < -0.3 is 19.7 Å². The van der Waals surface area contributed by atoms with Crippen LogP contribution < -0.4 is 14.8 Å². The predicted molar refractivity (Wildman–Crippen MR) is 121 cm³/mol. The molecule has 2 heterocycles. The van der Waals surface area contributed by atoms with Crippen molar-refractivity contribution in [2.24, 2.45) is 0 Å². The highest BCUT2D eigenvalue weighted by molar-refractivity contribution is 5.94. The van der Waals surface area contributed by atoms with E-state index >= 15 is 0 Å². The zero-order valence-corrected chi connectivity index (χ0v) is 19.1. The van der Waals surface area contributed by atoms with Gasteiger partial charge in [-0.3, -0.25) is 19.4 Å². The molecule has 1 N–H and O–H groups in total. The van der Waals surface area contributed by atoms with E-state index in [1.165, 1.54) is 12.8 Å². The Morgan fingerprint density at radius 2 is 1.58 bits per heavy atom. The first-order valence-electron chi connectivity index (χ1n) is 11.3. The van der Waals surface area contributed by atoms with Crippen molar-refractivity contribution in [2.45, 2.75) is 38.6 Å². The van der Waals surface area contributed by atoms with Crippen molar-refractivity contribution in [1.29, 1.82) is 0 Å². The van der Waals surface area contributed by atoms with Crippen LogP contribution in [0.4, 0.5) is 5.69 Å². The summed E-state index contributed by atoms with van der Waals surface area (Å²) < 4.78 is 10.5. The first-order valence-corrected chi connectivity index (χ1v) is 11.3. The molecule has 2 amide bonds. The van der Waals surface area contributed by atoms with Gasteiger partial charge in [0.05, 0.1) is 26.8 Å². The molecule has 1 atom stereocenters. The molecule has 172 valence electrons. The number of hydrogen-bond donors (Lipinski definition) is 1. The maximum atomic E-state index is 12.8. The fraction of sp³-hybridized carbons (Fsp3) is 0.652. The third kappa shape index (κ3) is 6.33. The van der Waals surface area contributed by atoms with Gasteiger partial charge in [0, 0.05) is 51.0 Å². The molecule has 0 radical (unpaired) electrons. The van der Waals surface area contributed by atoms with E-state index in [2.05, 4.69) is 15.1 Å². The molecule has 3 rings (SSSR count). The number of likely N-dealkylation sites (tertiary alicyclic amines) is 1. The van der Waals surface area contributed by atoms with Crippen molar-refractivity contribution < 1.29 is 19.1 Å². The summed E-state index contributed by atoms with van der Waals surface area (Å²) >= 11 is 0. The molecule has 1 aromatic rings. The van der Waals surface area contributed by atoms with Gasteiger partial charge in [0.15, 0.2) is 11.5 Å². The topological polar surface area (TPSA) is 74.4 Å². The second kappa shape index (κ2) is 11.3. The fourth-order valence-electron chi connectivity index (χ4n) is 4.25. The van der Waals surface area contributed by atoms with Crippen molar-refractivity contribution in [1.82, 2.24) is 14.7 Å². The molecule has 0 spiro atoms. The molecule has 0 aromatic heterocycles. The molecule has 31 heavy (non-hydrogen) atoms. The quantitative estimate of drug-likeness (QED) is 0.711. The van der Waals surface area contributed by atoms with E-state index in [9.17, 15) is 9.59 Å². The number of nitrogens with zero attached hydrogens (tertiary/aromatic N) is 3. The van der Waals surface area contributed by atoms with Crippen LogP contribution in [0.3, 0.4) is 0 Å². The highest BCUT2D eigenvalue weighted by atomic mass is 16.5. The van der Waals surface area contributed by atoms with Crippen molar-refractivity contribution in [3.8, 4) is 11.5 Å². The SMILES string of the molecule is COc1ccc(NC(=O)[C@@H](C)N2CCN(CC(=O)N3CCCCCC3)CC2)cc1OC. The van der Waals surface area contributed by atoms with Crippen molar-refractivity contribution >= 4 is 17.5 Å². The second-order valence-corrected chi connectivity index (χ2v) is 8.34. The highest BCUT2D eigenvalue weighted by Crippen LogP contribution is 2.29. The molecule has 8 heteroatoms. The molecule has 2 fully saturated rings. The van der Waals surface area contributed by atoms with Crippen LogP contribution in [-0.2, 0) is 9.59 Å². The standard InChI is InChI=1S/C23H36N4O4/c1-18(23(29)24-19-8-9-20(30-2)21(16-19)31-3)26-14-12-25(13-15-26)17-22(28)27-10-6-4-5-7-11-27/h8-9,16,18H,4-7,10-15,17H2,1-3H3,(H,24,29)/t18-/m1/s1. The van der Waals surface area contributed by atoms with E-state index in [1.54, 1.807) is 32.4 Å². The molecule has 1 aromatic carbocycles. The van der Waals surface area contributed by atoms with E-state index in [0.717, 1.165) is 52.1 Å². The lowest BCUT2D eigenvalue weighted by Crippen LogP contribution is -2.54. The monoisotopic (exact) mass is 432 g/mol. The number of hydrogen-bond acceptors (Lipinski definition) is 6. The van der Waals surface area contributed by atoms with Gasteiger partial charge in [0.1, 0.15) is 0 Å². The van der Waals surface area contributed by atoms with Gasteiger partial charge in [-0.05, 0) is 31.9 Å². The zero-order chi connectivity index (χ0) is 22.2. The Kier molecular flexibility index (Phi) is 8.54. The van der Waals surface area contributed by atoms with Crippen LogP contribution >= 0.6 is 0 Å². The molecule has 0 bridgehead atoms. The summed E-state index contributed by atoms with van der Waals surface area (Å²) in [5, 5.41) is 2.97. The molecule has 2 saturated heterocycles. The number of piperazine rings is 1. The zero-order valence-electron chi connectivity index (χ0n) is 19.1. The number of carbonyl (C=O) groups excluding carboxylic acids is 2. The molecule has 0 saturated carbocycles. The van der Waals surface area contributed by atoms with Crippen LogP contribution in [0.25, 0.3) is 0 Å². The number of carbonyl (C=O) groups is 2. The molecular weight excluding hydrogens is 396 g/mol. The minimum absolute atomic E-state index is 0.0543. The average Bonchev–Trinajstić information content (AvgIpc) is 3.08. The summed E-state index contributed by atoms with van der Waals surface area (Å²) in [6.07, 6.45) is 4.69. The van der Waals surface area contributed by atoms with Gasteiger partial charge in [-0.2, -0.15) is 0 Å². The normalized spacial score (nSPS) is 19.4. The second-order valence-electron chi connectivity index (χ2n) is 8.34. The van der Waals surface area contributed by atoms with Crippen molar-refractivity contribution in [3.05, 3.63) is 18.2 Å². The average molecular weight is 433 g/mol. The first kappa shape index (κ1) is 23.3. The van der Waals surface area contributed by atoms with E-state index in [-0.39, 0.29) is 17.9 Å². The third-order valence-corrected chi connectivity index (χ3v) is 6.30. The smallest absolute Gasteiger partial charge is 0.241 e. The largest absolute Gasteiger partial charge is 0.493 e. The van der Waals surface area contributed by atoms with Crippen LogP contribution in [0.15, 0.2) is 18.2 Å². The lowest BCUT2D eigenvalue weighted by Gasteiger charge is -2.37. The number of benzene rings is 1. The number of amides is 2. The Balaban J connectivity index is 1.46. The summed E-state index contributed by atoms with van der Waals surface area (Å²) in [6, 6.07) is 5.09. The van der Waals surface area contributed by atoms with Gasteiger partial charge in [0.25, 0.3) is 0 Å². The molecule has 0 aliphatic carbocycles. The number of rotatable bonds is 7. The number of ether oxygens (including phenoxy) is 2. The summed E-state index contributed by atoms with van der Waals surface area (Å²) in [5.41, 5.74) is 0.677. The summed E-state index contributed by atoms with van der Waals surface area (Å²) in [7, 11) is 3.16. The van der Waals surface area contributed by atoms with Gasteiger partial charge in [-0.1, -0.05) is 12.8 Å². The summed E-state index contributed by atoms with van der Waals surface area (Å²) in [4.78, 5) is 31.8. The van der Waals surface area contributed by atoms with E-state index in [4.69, 9.17) is 9.47 Å². The minimum atomic E-state index is -0.253. The predicted octanol–water partition coefficient (Wildman–Crippen LogP) is 2.05. The Hall–Kier alpha value is -2.32. The number of nitrogens with one attached hydrogen (secondary N) is 1. The Labute approximate surface area is 185 Å². The van der Waals surface area contributed by atoms with Crippen LogP contribution in [0, 0.1) is 0 Å². The van der Waals surface area contributed by atoms with E-state index in [0.29, 0.717) is 23.7 Å². The molecule has 0 unspecified atom stereocenters. The van der Waals surface area contributed by atoms with Gasteiger partial charge in [-0.15, -0.1) is 0 Å². The minimum Gasteiger partial charge on any atom is -0.493 e. The third-order valence-electron chi connectivity index (χ3n) is 6.30. The molecule has 2 aliphatic heterocycles. The lowest BCUT2D eigenvalue weighted by molar-refractivity contribution is -0.133. The van der Waals surface area contributed by atoms with E-state index < -0.39 is 0 Å². The maximum Gasteiger partial charge on any atom is 0.241 e. The number of methoxy groups -OCH3 is 2. The van der Waals surface area contributed by atoms with E-state index in [1.807, 2.05) is 11.8 Å². The fourth-order valence-corrected chi connectivity index (χ4v) is 4.25. The Morgan fingerprint density at radius 3 is 2.19 bits per heavy atom. The Morgan fingerprint density at radius 1 is 0.935 bits per heavy atom.